The van der Waals surface area contributed by atoms with E-state index in [4.69, 9.17) is 4.74 Å². The molecule has 2 N–H and O–H groups in total. The SMILES string of the molecule is COc1ccc(C(C)NC(=O)C(CCSC)NS(=O)(=O)c2cc(C)ccc2C)cc1F. The van der Waals surface area contributed by atoms with Gasteiger partial charge < -0.3 is 10.1 Å². The van der Waals surface area contributed by atoms with Gasteiger partial charge in [0, 0.05) is 0 Å². The average Bonchev–Trinajstić information content (AvgIpc) is 2.72. The largest absolute Gasteiger partial charge is 0.494 e. The Bertz CT molecular complexity index is 1030. The summed E-state index contributed by atoms with van der Waals surface area (Å²) in [5.41, 5.74) is 1.96. The lowest BCUT2D eigenvalue weighted by atomic mass is 10.1. The summed E-state index contributed by atoms with van der Waals surface area (Å²) >= 11 is 1.52. The van der Waals surface area contributed by atoms with Crippen LogP contribution in [0.4, 0.5) is 4.39 Å². The van der Waals surface area contributed by atoms with Gasteiger partial charge in [-0.25, -0.2) is 12.8 Å². The van der Waals surface area contributed by atoms with E-state index in [1.165, 1.54) is 31.0 Å². The third-order valence-electron chi connectivity index (χ3n) is 4.89. The first-order chi connectivity index (χ1) is 14.6. The molecule has 6 nitrogen and oxygen atoms in total. The minimum Gasteiger partial charge on any atom is -0.494 e. The van der Waals surface area contributed by atoms with Crippen LogP contribution in [0.3, 0.4) is 0 Å². The lowest BCUT2D eigenvalue weighted by Gasteiger charge is -2.22. The Labute approximate surface area is 188 Å². The van der Waals surface area contributed by atoms with Crippen LogP contribution >= 0.6 is 11.8 Å². The Morgan fingerprint density at radius 3 is 2.52 bits per heavy atom. The van der Waals surface area contributed by atoms with Gasteiger partial charge in [0.15, 0.2) is 11.6 Å². The van der Waals surface area contributed by atoms with Crippen molar-refractivity contribution in [3.05, 3.63) is 58.9 Å². The Morgan fingerprint density at radius 1 is 1.19 bits per heavy atom. The van der Waals surface area contributed by atoms with Gasteiger partial charge in [0.25, 0.3) is 0 Å². The topological polar surface area (TPSA) is 84.5 Å². The van der Waals surface area contributed by atoms with E-state index in [-0.39, 0.29) is 10.6 Å². The highest BCUT2D eigenvalue weighted by Gasteiger charge is 2.27. The molecule has 0 saturated heterocycles. The number of methoxy groups -OCH3 is 1. The molecule has 31 heavy (non-hydrogen) atoms. The molecule has 0 fully saturated rings. The molecule has 2 atom stereocenters. The van der Waals surface area contributed by atoms with E-state index >= 15 is 0 Å². The average molecular weight is 469 g/mol. The van der Waals surface area contributed by atoms with E-state index in [9.17, 15) is 17.6 Å². The van der Waals surface area contributed by atoms with Crippen molar-refractivity contribution in [1.29, 1.82) is 0 Å². The first-order valence-electron chi connectivity index (χ1n) is 9.81. The first-order valence-corrected chi connectivity index (χ1v) is 12.7. The number of amides is 1. The van der Waals surface area contributed by atoms with Crippen molar-refractivity contribution in [2.75, 3.05) is 19.1 Å². The summed E-state index contributed by atoms with van der Waals surface area (Å²) in [6.45, 7) is 5.24. The van der Waals surface area contributed by atoms with Crippen LogP contribution in [0.25, 0.3) is 0 Å². The number of thioether (sulfide) groups is 1. The zero-order valence-electron chi connectivity index (χ0n) is 18.4. The third-order valence-corrected chi connectivity index (χ3v) is 7.15. The van der Waals surface area contributed by atoms with Crippen LogP contribution in [0, 0.1) is 19.7 Å². The number of halogens is 1. The van der Waals surface area contributed by atoms with Crippen molar-refractivity contribution < 1.29 is 22.3 Å². The molecule has 2 rings (SSSR count). The Morgan fingerprint density at radius 2 is 1.90 bits per heavy atom. The zero-order valence-corrected chi connectivity index (χ0v) is 20.0. The standard InChI is InChI=1S/C22H29FN2O4S2/c1-14-6-7-15(2)21(12-14)31(27,28)25-19(10-11-30-5)22(26)24-16(3)17-8-9-20(29-4)18(23)13-17/h6-9,12-13,16,19,25H,10-11H2,1-5H3,(H,24,26). The number of carbonyl (C=O) groups is 1. The molecule has 0 saturated carbocycles. The van der Waals surface area contributed by atoms with Crippen LogP contribution in [-0.4, -0.2) is 39.5 Å². The predicted octanol–water partition coefficient (Wildman–Crippen LogP) is 3.73. The molecular formula is C22H29FN2O4S2. The third kappa shape index (κ3) is 6.69. The molecule has 0 aliphatic rings. The van der Waals surface area contributed by atoms with Gasteiger partial charge in [0.1, 0.15) is 6.04 Å². The number of ether oxygens (including phenoxy) is 1. The molecule has 0 aliphatic carbocycles. The second kappa shape index (κ2) is 11.0. The molecule has 0 radical (unpaired) electrons. The van der Waals surface area contributed by atoms with Crippen molar-refractivity contribution in [3.8, 4) is 5.75 Å². The van der Waals surface area contributed by atoms with Gasteiger partial charge in [0.05, 0.1) is 18.0 Å². The van der Waals surface area contributed by atoms with E-state index < -0.39 is 33.8 Å². The Balaban J connectivity index is 2.21. The monoisotopic (exact) mass is 468 g/mol. The fourth-order valence-corrected chi connectivity index (χ4v) is 5.11. The van der Waals surface area contributed by atoms with Crippen LogP contribution < -0.4 is 14.8 Å². The van der Waals surface area contributed by atoms with Gasteiger partial charge in [-0.2, -0.15) is 16.5 Å². The summed E-state index contributed by atoms with van der Waals surface area (Å²) in [5, 5.41) is 2.79. The van der Waals surface area contributed by atoms with Crippen molar-refractivity contribution in [2.24, 2.45) is 0 Å². The molecule has 2 aromatic carbocycles. The summed E-state index contributed by atoms with van der Waals surface area (Å²) in [7, 11) is -2.52. The fourth-order valence-electron chi connectivity index (χ4n) is 3.08. The number of nitrogens with one attached hydrogen (secondary N) is 2. The quantitative estimate of drug-likeness (QED) is 0.555. The highest BCUT2D eigenvalue weighted by atomic mass is 32.2. The van der Waals surface area contributed by atoms with Crippen molar-refractivity contribution in [1.82, 2.24) is 10.0 Å². The van der Waals surface area contributed by atoms with Gasteiger partial charge in [0.2, 0.25) is 15.9 Å². The van der Waals surface area contributed by atoms with Gasteiger partial charge >= 0.3 is 0 Å². The maximum atomic E-state index is 14.0. The summed E-state index contributed by atoms with van der Waals surface area (Å²) < 4.78 is 47.5. The van der Waals surface area contributed by atoms with E-state index in [1.54, 1.807) is 32.0 Å². The molecule has 0 heterocycles. The van der Waals surface area contributed by atoms with Gasteiger partial charge in [-0.3, -0.25) is 4.79 Å². The lowest BCUT2D eigenvalue weighted by molar-refractivity contribution is -0.123. The zero-order chi connectivity index (χ0) is 23.2. The van der Waals surface area contributed by atoms with Crippen LogP contribution in [0.1, 0.15) is 36.1 Å². The highest BCUT2D eigenvalue weighted by Crippen LogP contribution is 2.22. The number of sulfonamides is 1. The fraction of sp³-hybridized carbons (Fsp3) is 0.409. The maximum absolute atomic E-state index is 14.0. The second-order valence-electron chi connectivity index (χ2n) is 7.35. The van der Waals surface area contributed by atoms with E-state index in [0.717, 1.165) is 5.56 Å². The Kier molecular flexibility index (Phi) is 8.90. The number of benzene rings is 2. The summed E-state index contributed by atoms with van der Waals surface area (Å²) in [4.78, 5) is 13.1. The molecule has 170 valence electrons. The molecule has 0 aliphatic heterocycles. The van der Waals surface area contributed by atoms with Crippen LogP contribution in [0.2, 0.25) is 0 Å². The van der Waals surface area contributed by atoms with Crippen LogP contribution in [0.15, 0.2) is 41.3 Å². The summed E-state index contributed by atoms with van der Waals surface area (Å²) in [6.07, 6.45) is 2.21. The number of aryl methyl sites for hydroxylation is 2. The van der Waals surface area contributed by atoms with Crippen molar-refractivity contribution >= 4 is 27.7 Å². The van der Waals surface area contributed by atoms with Crippen LogP contribution in [0.5, 0.6) is 5.75 Å². The van der Waals surface area contributed by atoms with Gasteiger partial charge in [-0.05, 0) is 74.1 Å². The molecule has 2 unspecified atom stereocenters. The molecule has 0 spiro atoms. The first kappa shape index (κ1) is 25.2. The summed E-state index contributed by atoms with van der Waals surface area (Å²) in [6, 6.07) is 8.12. The number of rotatable bonds is 10. The second-order valence-corrected chi connectivity index (χ2v) is 10.0. The molecule has 0 bridgehead atoms. The minimum atomic E-state index is -3.90. The van der Waals surface area contributed by atoms with E-state index in [1.807, 2.05) is 19.2 Å². The normalized spacial score (nSPS) is 13.5. The van der Waals surface area contributed by atoms with Crippen molar-refractivity contribution in [2.45, 2.75) is 44.2 Å². The van der Waals surface area contributed by atoms with Crippen LogP contribution in [-0.2, 0) is 14.8 Å². The number of carbonyl (C=O) groups excluding carboxylic acids is 1. The molecule has 0 aromatic heterocycles. The van der Waals surface area contributed by atoms with Gasteiger partial charge in [-0.15, -0.1) is 0 Å². The van der Waals surface area contributed by atoms with Gasteiger partial charge in [-0.1, -0.05) is 18.2 Å². The molecule has 9 heteroatoms. The lowest BCUT2D eigenvalue weighted by Crippen LogP contribution is -2.47. The molecule has 2 aromatic rings. The smallest absolute Gasteiger partial charge is 0.241 e. The Hall–Kier alpha value is -2.10. The van der Waals surface area contributed by atoms with Crippen molar-refractivity contribution in [3.63, 3.8) is 0 Å². The van der Waals surface area contributed by atoms with E-state index in [0.29, 0.717) is 23.3 Å². The number of hydrogen-bond acceptors (Lipinski definition) is 5. The van der Waals surface area contributed by atoms with E-state index in [2.05, 4.69) is 10.0 Å². The molecule has 1 amide bonds. The maximum Gasteiger partial charge on any atom is 0.241 e. The highest BCUT2D eigenvalue weighted by molar-refractivity contribution is 7.98. The summed E-state index contributed by atoms with van der Waals surface area (Å²) in [5.74, 6) is -0.289. The predicted molar refractivity (Wildman–Crippen MR) is 123 cm³/mol. The minimum absolute atomic E-state index is 0.112. The molecular weight excluding hydrogens is 439 g/mol. The number of hydrogen-bond donors (Lipinski definition) is 2.